The minimum Gasteiger partial charge on any atom is -0.378 e. The number of hydrogen-bond donors (Lipinski definition) is 0. The number of morpholine rings is 1. The maximum atomic E-state index is 12.8. The summed E-state index contributed by atoms with van der Waals surface area (Å²) < 4.78 is 5.37. The Morgan fingerprint density at radius 1 is 1.17 bits per heavy atom. The van der Waals surface area contributed by atoms with E-state index in [0.29, 0.717) is 5.56 Å². The highest BCUT2D eigenvalue weighted by Crippen LogP contribution is 2.29. The number of aromatic nitrogens is 1. The molecule has 2 saturated heterocycles. The van der Waals surface area contributed by atoms with Crippen molar-refractivity contribution in [2.75, 3.05) is 50.8 Å². The zero-order valence-corrected chi connectivity index (χ0v) is 14.4. The highest BCUT2D eigenvalue weighted by Gasteiger charge is 2.35. The van der Waals surface area contributed by atoms with Gasteiger partial charge in [0, 0.05) is 51.0 Å². The van der Waals surface area contributed by atoms with Gasteiger partial charge in [0.25, 0.3) is 5.91 Å². The number of carbonyl (C=O) groups excluding carboxylic acids is 1. The molecule has 6 nitrogen and oxygen atoms in total. The molecular weight excluding hydrogens is 304 g/mol. The van der Waals surface area contributed by atoms with Gasteiger partial charge in [-0.3, -0.25) is 9.69 Å². The number of ether oxygens (including phenoxy) is 1. The fraction of sp³-hybridized carbons (Fsp3) is 0.667. The molecule has 4 rings (SSSR count). The number of carbonyl (C=O) groups is 1. The van der Waals surface area contributed by atoms with Gasteiger partial charge in [0.05, 0.1) is 18.8 Å². The first-order chi connectivity index (χ1) is 11.7. The van der Waals surface area contributed by atoms with E-state index in [-0.39, 0.29) is 11.9 Å². The standard InChI is InChI=1S/C18H26N4O2/c1-14-13-21(16-3-4-16)6-7-22(14)18(23)15-2-5-17(19-12-15)20-8-10-24-11-9-20/h2,5,12,14,16H,3-4,6-11,13H2,1H3. The average Bonchev–Trinajstić information content (AvgIpc) is 3.47. The summed E-state index contributed by atoms with van der Waals surface area (Å²) in [6.07, 6.45) is 4.38. The SMILES string of the molecule is CC1CN(C2CC2)CCN1C(=O)c1ccc(N2CCOCC2)nc1. The number of nitrogens with zero attached hydrogens (tertiary/aromatic N) is 4. The first kappa shape index (κ1) is 15.8. The summed E-state index contributed by atoms with van der Waals surface area (Å²) in [5.41, 5.74) is 0.693. The lowest BCUT2D eigenvalue weighted by atomic mass is 10.1. The highest BCUT2D eigenvalue weighted by atomic mass is 16.5. The van der Waals surface area contributed by atoms with Gasteiger partial charge in [-0.25, -0.2) is 4.98 Å². The van der Waals surface area contributed by atoms with E-state index in [2.05, 4.69) is 21.7 Å². The van der Waals surface area contributed by atoms with Gasteiger partial charge >= 0.3 is 0 Å². The van der Waals surface area contributed by atoms with Crippen molar-refractivity contribution in [3.63, 3.8) is 0 Å². The maximum Gasteiger partial charge on any atom is 0.255 e. The summed E-state index contributed by atoms with van der Waals surface area (Å²) in [5.74, 6) is 1.04. The molecule has 1 aliphatic carbocycles. The second-order valence-electron chi connectivity index (χ2n) is 7.08. The normalized spacial score (nSPS) is 25.8. The lowest BCUT2D eigenvalue weighted by molar-refractivity contribution is 0.0473. The fourth-order valence-corrected chi connectivity index (χ4v) is 3.72. The molecule has 2 aliphatic heterocycles. The molecule has 1 aromatic heterocycles. The largest absolute Gasteiger partial charge is 0.378 e. The molecule has 24 heavy (non-hydrogen) atoms. The highest BCUT2D eigenvalue weighted by molar-refractivity contribution is 5.94. The number of rotatable bonds is 3. The first-order valence-corrected chi connectivity index (χ1v) is 9.06. The van der Waals surface area contributed by atoms with Crippen LogP contribution in [0.5, 0.6) is 0 Å². The summed E-state index contributed by atoms with van der Waals surface area (Å²) in [5, 5.41) is 0. The van der Waals surface area contributed by atoms with Gasteiger partial charge in [0.1, 0.15) is 5.82 Å². The number of anilines is 1. The maximum absolute atomic E-state index is 12.8. The Labute approximate surface area is 143 Å². The Morgan fingerprint density at radius 2 is 1.96 bits per heavy atom. The molecule has 1 amide bonds. The molecule has 0 aromatic carbocycles. The molecule has 0 N–H and O–H groups in total. The zero-order chi connectivity index (χ0) is 16.5. The number of piperazine rings is 1. The van der Waals surface area contributed by atoms with E-state index in [4.69, 9.17) is 4.74 Å². The van der Waals surface area contributed by atoms with E-state index in [0.717, 1.165) is 57.8 Å². The van der Waals surface area contributed by atoms with Crippen LogP contribution in [0.1, 0.15) is 30.1 Å². The number of pyridine rings is 1. The topological polar surface area (TPSA) is 48.9 Å². The third kappa shape index (κ3) is 3.26. The van der Waals surface area contributed by atoms with Crippen molar-refractivity contribution in [1.82, 2.24) is 14.8 Å². The van der Waals surface area contributed by atoms with Crippen molar-refractivity contribution >= 4 is 11.7 Å². The summed E-state index contributed by atoms with van der Waals surface area (Å²) in [7, 11) is 0. The van der Waals surface area contributed by atoms with Crippen LogP contribution in [-0.4, -0.2) is 78.7 Å². The molecule has 0 bridgehead atoms. The van der Waals surface area contributed by atoms with Gasteiger partial charge in [-0.05, 0) is 31.9 Å². The van der Waals surface area contributed by atoms with E-state index in [9.17, 15) is 4.79 Å². The van der Waals surface area contributed by atoms with E-state index in [1.807, 2.05) is 17.0 Å². The first-order valence-electron chi connectivity index (χ1n) is 9.06. The molecule has 3 fully saturated rings. The van der Waals surface area contributed by atoms with Gasteiger partial charge in [-0.2, -0.15) is 0 Å². The van der Waals surface area contributed by atoms with E-state index < -0.39 is 0 Å². The zero-order valence-electron chi connectivity index (χ0n) is 14.4. The van der Waals surface area contributed by atoms with Crippen LogP contribution in [0.2, 0.25) is 0 Å². The number of hydrogen-bond acceptors (Lipinski definition) is 5. The molecule has 6 heteroatoms. The molecule has 1 atom stereocenters. The van der Waals surface area contributed by atoms with Crippen LogP contribution in [-0.2, 0) is 4.74 Å². The Bertz CT molecular complexity index is 581. The van der Waals surface area contributed by atoms with Crippen LogP contribution in [0.15, 0.2) is 18.3 Å². The molecule has 3 heterocycles. The predicted octanol–water partition coefficient (Wildman–Crippen LogP) is 1.23. The van der Waals surface area contributed by atoms with Crippen LogP contribution in [0.3, 0.4) is 0 Å². The second kappa shape index (κ2) is 6.69. The van der Waals surface area contributed by atoms with Gasteiger partial charge < -0.3 is 14.5 Å². The lowest BCUT2D eigenvalue weighted by Crippen LogP contribution is -2.54. The lowest BCUT2D eigenvalue weighted by Gasteiger charge is -2.40. The van der Waals surface area contributed by atoms with Crippen molar-refractivity contribution < 1.29 is 9.53 Å². The van der Waals surface area contributed by atoms with Crippen LogP contribution < -0.4 is 4.90 Å². The Morgan fingerprint density at radius 3 is 2.58 bits per heavy atom. The van der Waals surface area contributed by atoms with Crippen LogP contribution in [0, 0.1) is 0 Å². The molecule has 0 spiro atoms. The quantitative estimate of drug-likeness (QED) is 0.834. The molecule has 130 valence electrons. The Kier molecular flexibility index (Phi) is 4.41. The van der Waals surface area contributed by atoms with Crippen LogP contribution >= 0.6 is 0 Å². The summed E-state index contributed by atoms with van der Waals surface area (Å²) in [4.78, 5) is 24.1. The van der Waals surface area contributed by atoms with E-state index >= 15 is 0 Å². The van der Waals surface area contributed by atoms with Crippen LogP contribution in [0.25, 0.3) is 0 Å². The second-order valence-corrected chi connectivity index (χ2v) is 7.08. The smallest absolute Gasteiger partial charge is 0.255 e. The minimum atomic E-state index is 0.110. The monoisotopic (exact) mass is 330 g/mol. The fourth-order valence-electron chi connectivity index (χ4n) is 3.72. The van der Waals surface area contributed by atoms with Gasteiger partial charge in [0.2, 0.25) is 0 Å². The van der Waals surface area contributed by atoms with Crippen molar-refractivity contribution in [2.45, 2.75) is 31.8 Å². The van der Waals surface area contributed by atoms with Gasteiger partial charge in [-0.1, -0.05) is 0 Å². The van der Waals surface area contributed by atoms with Gasteiger partial charge in [0.15, 0.2) is 0 Å². The summed E-state index contributed by atoms with van der Waals surface area (Å²) in [6, 6.07) is 4.92. The third-order valence-electron chi connectivity index (χ3n) is 5.31. The number of amides is 1. The van der Waals surface area contributed by atoms with Crippen molar-refractivity contribution in [3.8, 4) is 0 Å². The Balaban J connectivity index is 1.40. The van der Waals surface area contributed by atoms with E-state index in [1.54, 1.807) is 6.20 Å². The summed E-state index contributed by atoms with van der Waals surface area (Å²) in [6.45, 7) is 8.18. The van der Waals surface area contributed by atoms with E-state index in [1.165, 1.54) is 12.8 Å². The molecule has 1 aromatic rings. The van der Waals surface area contributed by atoms with Crippen molar-refractivity contribution in [3.05, 3.63) is 23.9 Å². The van der Waals surface area contributed by atoms with Crippen molar-refractivity contribution in [2.24, 2.45) is 0 Å². The molecule has 0 radical (unpaired) electrons. The van der Waals surface area contributed by atoms with Crippen LogP contribution in [0.4, 0.5) is 5.82 Å². The molecule has 1 saturated carbocycles. The molecule has 3 aliphatic rings. The Hall–Kier alpha value is -1.66. The third-order valence-corrected chi connectivity index (χ3v) is 5.31. The van der Waals surface area contributed by atoms with Gasteiger partial charge in [-0.15, -0.1) is 0 Å². The summed E-state index contributed by atoms with van der Waals surface area (Å²) >= 11 is 0. The molecule has 1 unspecified atom stereocenters. The predicted molar refractivity (Wildman–Crippen MR) is 92.4 cm³/mol. The van der Waals surface area contributed by atoms with Crippen molar-refractivity contribution in [1.29, 1.82) is 0 Å². The molecular formula is C18H26N4O2. The average molecular weight is 330 g/mol. The minimum absolute atomic E-state index is 0.110.